The van der Waals surface area contributed by atoms with E-state index in [4.69, 9.17) is 11.6 Å². The molecular weight excluding hydrogens is 520 g/mol. The molecular formula is C26H26BrClN2O2S. The summed E-state index contributed by atoms with van der Waals surface area (Å²) < 4.78 is 1.02. The minimum atomic E-state index is -0.628. The van der Waals surface area contributed by atoms with E-state index in [0.717, 1.165) is 21.2 Å². The van der Waals surface area contributed by atoms with Crippen molar-refractivity contribution >= 4 is 51.1 Å². The van der Waals surface area contributed by atoms with Crippen LogP contribution in [0.3, 0.4) is 0 Å². The van der Waals surface area contributed by atoms with Gasteiger partial charge in [0.25, 0.3) is 0 Å². The van der Waals surface area contributed by atoms with Crippen molar-refractivity contribution in [3.63, 3.8) is 0 Å². The number of nitrogens with zero attached hydrogens (tertiary/aromatic N) is 1. The minimum Gasteiger partial charge on any atom is -0.357 e. The Balaban J connectivity index is 1.80. The van der Waals surface area contributed by atoms with Crippen LogP contribution in [0.25, 0.3) is 0 Å². The summed E-state index contributed by atoms with van der Waals surface area (Å²) in [6.45, 7) is 0.309. The highest BCUT2D eigenvalue weighted by molar-refractivity contribution is 9.10. The molecule has 0 aliphatic carbocycles. The fourth-order valence-electron chi connectivity index (χ4n) is 3.47. The first-order chi connectivity index (χ1) is 16.0. The van der Waals surface area contributed by atoms with Gasteiger partial charge in [-0.1, -0.05) is 82.1 Å². The van der Waals surface area contributed by atoms with Gasteiger partial charge in [-0.3, -0.25) is 9.59 Å². The second-order valence-electron chi connectivity index (χ2n) is 7.59. The molecule has 3 aromatic rings. The molecule has 2 amide bonds. The number of nitrogens with one attached hydrogen (secondary N) is 1. The maximum absolute atomic E-state index is 13.4. The molecule has 3 rings (SSSR count). The lowest BCUT2D eigenvalue weighted by Crippen LogP contribution is -2.50. The monoisotopic (exact) mass is 544 g/mol. The summed E-state index contributed by atoms with van der Waals surface area (Å²) in [4.78, 5) is 28.0. The molecule has 0 aliphatic heterocycles. The van der Waals surface area contributed by atoms with Gasteiger partial charge in [0.05, 0.1) is 5.75 Å². The molecule has 33 heavy (non-hydrogen) atoms. The number of rotatable bonds is 10. The zero-order chi connectivity index (χ0) is 23.6. The number of hydrogen-bond donors (Lipinski definition) is 1. The molecule has 0 spiro atoms. The summed E-state index contributed by atoms with van der Waals surface area (Å²) in [5.74, 6) is 0.723. The highest BCUT2D eigenvalue weighted by Crippen LogP contribution is 2.20. The predicted molar refractivity (Wildman–Crippen MR) is 140 cm³/mol. The Morgan fingerprint density at radius 1 is 0.970 bits per heavy atom. The number of halogens is 2. The molecule has 172 valence electrons. The van der Waals surface area contributed by atoms with Gasteiger partial charge >= 0.3 is 0 Å². The van der Waals surface area contributed by atoms with Crippen molar-refractivity contribution < 1.29 is 9.59 Å². The Morgan fingerprint density at radius 3 is 2.33 bits per heavy atom. The van der Waals surface area contributed by atoms with Gasteiger partial charge in [-0.15, -0.1) is 11.8 Å². The molecule has 4 nitrogen and oxygen atoms in total. The van der Waals surface area contributed by atoms with E-state index in [9.17, 15) is 9.59 Å². The van der Waals surface area contributed by atoms with Crippen LogP contribution in [-0.4, -0.2) is 35.6 Å². The van der Waals surface area contributed by atoms with Gasteiger partial charge in [0.2, 0.25) is 11.8 Å². The maximum atomic E-state index is 13.4. The lowest BCUT2D eigenvalue weighted by molar-refractivity contribution is -0.139. The van der Waals surface area contributed by atoms with Crippen LogP contribution >= 0.6 is 39.3 Å². The number of carbonyl (C=O) groups excluding carboxylic acids is 2. The lowest BCUT2D eigenvalue weighted by atomic mass is 10.0. The van der Waals surface area contributed by atoms with Crippen molar-refractivity contribution in [2.45, 2.75) is 24.8 Å². The van der Waals surface area contributed by atoms with Crippen molar-refractivity contribution in [2.24, 2.45) is 0 Å². The van der Waals surface area contributed by atoms with E-state index in [1.165, 1.54) is 0 Å². The molecule has 1 atom stereocenters. The molecule has 0 bridgehead atoms. The molecule has 0 radical (unpaired) electrons. The molecule has 7 heteroatoms. The summed E-state index contributed by atoms with van der Waals surface area (Å²) in [7, 11) is 1.60. The Bertz CT molecular complexity index is 1060. The van der Waals surface area contributed by atoms with E-state index in [0.29, 0.717) is 23.7 Å². The zero-order valence-corrected chi connectivity index (χ0v) is 21.5. The second-order valence-corrected chi connectivity index (χ2v) is 9.93. The molecule has 0 fully saturated rings. The summed E-state index contributed by atoms with van der Waals surface area (Å²) >= 11 is 11.2. The van der Waals surface area contributed by atoms with E-state index in [-0.39, 0.29) is 17.6 Å². The van der Waals surface area contributed by atoms with Crippen LogP contribution in [0.5, 0.6) is 0 Å². The van der Waals surface area contributed by atoms with Crippen molar-refractivity contribution in [2.75, 3.05) is 12.8 Å². The van der Waals surface area contributed by atoms with E-state index in [1.807, 2.05) is 72.8 Å². The molecule has 0 aliphatic rings. The normalized spacial score (nSPS) is 11.6. The van der Waals surface area contributed by atoms with Gasteiger partial charge in [-0.2, -0.15) is 0 Å². The van der Waals surface area contributed by atoms with E-state index in [1.54, 1.807) is 29.8 Å². The number of thioether (sulfide) groups is 1. The Hall–Kier alpha value is -2.28. The van der Waals surface area contributed by atoms with Crippen LogP contribution in [-0.2, 0) is 28.3 Å². The molecule has 0 aromatic heterocycles. The fourth-order valence-corrected chi connectivity index (χ4v) is 4.82. The lowest BCUT2D eigenvalue weighted by Gasteiger charge is -2.31. The number of amides is 2. The average Bonchev–Trinajstić information content (AvgIpc) is 2.82. The van der Waals surface area contributed by atoms with Gasteiger partial charge in [-0.25, -0.2) is 0 Å². The average molecular weight is 546 g/mol. The highest BCUT2D eigenvalue weighted by atomic mass is 79.9. The molecule has 3 aromatic carbocycles. The zero-order valence-electron chi connectivity index (χ0n) is 18.3. The number of benzene rings is 3. The van der Waals surface area contributed by atoms with E-state index < -0.39 is 6.04 Å². The van der Waals surface area contributed by atoms with E-state index in [2.05, 4.69) is 21.2 Å². The largest absolute Gasteiger partial charge is 0.357 e. The molecule has 1 N–H and O–H groups in total. The van der Waals surface area contributed by atoms with Gasteiger partial charge < -0.3 is 10.2 Å². The van der Waals surface area contributed by atoms with Crippen molar-refractivity contribution in [1.82, 2.24) is 10.2 Å². The van der Waals surface area contributed by atoms with Crippen LogP contribution < -0.4 is 5.32 Å². The van der Waals surface area contributed by atoms with Crippen LogP contribution in [0.2, 0.25) is 5.02 Å². The third kappa shape index (κ3) is 7.91. The smallest absolute Gasteiger partial charge is 0.242 e. The predicted octanol–water partition coefficient (Wildman–Crippen LogP) is 5.72. The van der Waals surface area contributed by atoms with Crippen LogP contribution in [0, 0.1) is 0 Å². The third-order valence-corrected chi connectivity index (χ3v) is 6.92. The fraction of sp³-hybridized carbons (Fsp3) is 0.231. The Labute approximate surface area is 212 Å². The van der Waals surface area contributed by atoms with Gasteiger partial charge in [0, 0.05) is 35.3 Å². The molecule has 0 saturated carbocycles. The number of carbonyl (C=O) groups is 2. The minimum absolute atomic E-state index is 0.0818. The maximum Gasteiger partial charge on any atom is 0.242 e. The summed E-state index contributed by atoms with van der Waals surface area (Å²) in [6.07, 6.45) is 0.435. The number of hydrogen-bond acceptors (Lipinski definition) is 3. The molecule has 0 saturated heterocycles. The van der Waals surface area contributed by atoms with Crippen LogP contribution in [0.1, 0.15) is 16.7 Å². The topological polar surface area (TPSA) is 49.4 Å². The van der Waals surface area contributed by atoms with Gasteiger partial charge in [0.15, 0.2) is 0 Å². The third-order valence-electron chi connectivity index (χ3n) is 5.17. The quantitative estimate of drug-likeness (QED) is 0.354. The molecule has 0 heterocycles. The van der Waals surface area contributed by atoms with Gasteiger partial charge in [-0.05, 0) is 41.0 Å². The number of likely N-dealkylation sites (N-methyl/N-ethyl adjacent to an activating group) is 1. The molecule has 0 unspecified atom stereocenters. The SMILES string of the molecule is CNC(=O)[C@@H](Cc1ccccc1)N(Cc1cccc(Cl)c1)C(=O)CSCc1ccc(Br)cc1. The van der Waals surface area contributed by atoms with Crippen molar-refractivity contribution in [3.05, 3.63) is 105 Å². The van der Waals surface area contributed by atoms with Crippen LogP contribution in [0.15, 0.2) is 83.3 Å². The highest BCUT2D eigenvalue weighted by Gasteiger charge is 2.29. The first-order valence-corrected chi connectivity index (χ1v) is 12.9. The second kappa shape index (κ2) is 12.8. The van der Waals surface area contributed by atoms with Crippen molar-refractivity contribution in [3.8, 4) is 0 Å². The van der Waals surface area contributed by atoms with Crippen LogP contribution in [0.4, 0.5) is 0 Å². The summed E-state index contributed by atoms with van der Waals surface area (Å²) in [5.41, 5.74) is 3.03. The van der Waals surface area contributed by atoms with E-state index >= 15 is 0 Å². The Morgan fingerprint density at radius 2 is 1.67 bits per heavy atom. The standard InChI is InChI=1S/C26H26BrClN2O2S/c1-29-26(32)24(15-19-6-3-2-4-7-19)30(16-21-8-5-9-23(28)14-21)25(31)18-33-17-20-10-12-22(27)13-11-20/h2-14,24H,15-18H2,1H3,(H,29,32)/t24-/m1/s1. The van der Waals surface area contributed by atoms with Gasteiger partial charge in [0.1, 0.15) is 6.04 Å². The first kappa shape index (κ1) is 25.3. The Kier molecular flexibility index (Phi) is 9.85. The summed E-state index contributed by atoms with van der Waals surface area (Å²) in [6, 6.07) is 24.6. The van der Waals surface area contributed by atoms with Crippen molar-refractivity contribution in [1.29, 1.82) is 0 Å². The summed E-state index contributed by atoms with van der Waals surface area (Å²) in [5, 5.41) is 3.34. The first-order valence-electron chi connectivity index (χ1n) is 10.6.